The molecule has 3 N–H and O–H groups in total. The van der Waals surface area contributed by atoms with Gasteiger partial charge < -0.3 is 4.74 Å². The molecule has 1 saturated carbocycles. The number of carbonyl (C=O) groups excluding carboxylic acids is 1. The lowest BCUT2D eigenvalue weighted by Crippen LogP contribution is -2.29. The Morgan fingerprint density at radius 1 is 1.50 bits per heavy atom. The van der Waals surface area contributed by atoms with E-state index < -0.39 is 0 Å². The van der Waals surface area contributed by atoms with Crippen LogP contribution in [-0.2, 0) is 11.3 Å². The molecule has 2 rings (SSSR count). The second kappa shape index (κ2) is 7.20. The van der Waals surface area contributed by atoms with Gasteiger partial charge in [0.05, 0.1) is 17.6 Å². The molecular formula is C15H24N2O2S. The van der Waals surface area contributed by atoms with Gasteiger partial charge in [0.2, 0.25) is 0 Å². The molecule has 1 aliphatic carbocycles. The van der Waals surface area contributed by atoms with Crippen LogP contribution in [0.3, 0.4) is 0 Å². The zero-order chi connectivity index (χ0) is 14.5. The molecule has 1 aromatic heterocycles. The molecule has 20 heavy (non-hydrogen) atoms. The minimum absolute atomic E-state index is 0.228. The number of ether oxygens (including phenoxy) is 1. The van der Waals surface area contributed by atoms with E-state index in [2.05, 4.69) is 12.3 Å². The summed E-state index contributed by atoms with van der Waals surface area (Å²) in [5.74, 6) is 5.63. The number of nitrogens with one attached hydrogen (secondary N) is 1. The van der Waals surface area contributed by atoms with Gasteiger partial charge in [-0.3, -0.25) is 10.2 Å². The van der Waals surface area contributed by atoms with Crippen molar-refractivity contribution in [2.75, 3.05) is 0 Å². The molecule has 1 fully saturated rings. The summed E-state index contributed by atoms with van der Waals surface area (Å²) < 4.78 is 6.12. The third-order valence-electron chi connectivity index (χ3n) is 4.19. The number of hydrazine groups is 1. The topological polar surface area (TPSA) is 64.3 Å². The fraction of sp³-hybridized carbons (Fsp3) is 0.667. The first-order valence-electron chi connectivity index (χ1n) is 7.37. The molecule has 0 aromatic carbocycles. The van der Waals surface area contributed by atoms with Gasteiger partial charge in [-0.25, -0.2) is 5.84 Å². The first kappa shape index (κ1) is 15.5. The van der Waals surface area contributed by atoms with Gasteiger partial charge in [0.1, 0.15) is 0 Å². The van der Waals surface area contributed by atoms with E-state index in [-0.39, 0.29) is 5.91 Å². The van der Waals surface area contributed by atoms with Crippen LogP contribution in [0.25, 0.3) is 0 Å². The summed E-state index contributed by atoms with van der Waals surface area (Å²) in [6.07, 6.45) is 6.61. The zero-order valence-electron chi connectivity index (χ0n) is 12.3. The maximum absolute atomic E-state index is 11.5. The zero-order valence-corrected chi connectivity index (χ0v) is 13.1. The molecule has 1 aromatic rings. The fourth-order valence-corrected chi connectivity index (χ4v) is 3.83. The van der Waals surface area contributed by atoms with E-state index in [1.165, 1.54) is 37.0 Å². The van der Waals surface area contributed by atoms with Crippen molar-refractivity contribution >= 4 is 17.2 Å². The van der Waals surface area contributed by atoms with Crippen molar-refractivity contribution < 1.29 is 9.53 Å². The average molecular weight is 296 g/mol. The van der Waals surface area contributed by atoms with Crippen molar-refractivity contribution in [2.45, 2.75) is 58.7 Å². The van der Waals surface area contributed by atoms with Crippen molar-refractivity contribution in [2.24, 2.45) is 11.8 Å². The predicted molar refractivity (Wildman–Crippen MR) is 81.5 cm³/mol. The molecule has 1 heterocycles. The Hall–Kier alpha value is -0.910. The lowest BCUT2D eigenvalue weighted by Gasteiger charge is -2.30. The first-order valence-corrected chi connectivity index (χ1v) is 8.19. The smallest absolute Gasteiger partial charge is 0.275 e. The number of nitrogens with two attached hydrogens (primary N) is 1. The molecule has 0 radical (unpaired) electrons. The summed E-state index contributed by atoms with van der Waals surface area (Å²) in [6, 6.07) is 1.89. The van der Waals surface area contributed by atoms with E-state index in [0.29, 0.717) is 23.5 Å². The lowest BCUT2D eigenvalue weighted by atomic mass is 9.85. The molecule has 2 atom stereocenters. The van der Waals surface area contributed by atoms with Gasteiger partial charge in [0.25, 0.3) is 5.91 Å². The number of hydrogen-bond donors (Lipinski definition) is 2. The number of rotatable bonds is 5. The van der Waals surface area contributed by atoms with Crippen molar-refractivity contribution in [1.82, 2.24) is 5.43 Å². The highest BCUT2D eigenvalue weighted by atomic mass is 32.1. The molecule has 112 valence electrons. The standard InChI is InChI=1S/C15H24N2O2S/c1-3-11-6-4-5-7-13(11)19-9-12-8-14(15(18)17-16)20-10(12)2/h8,11,13H,3-7,9,16H2,1-2H3,(H,17,18). The van der Waals surface area contributed by atoms with E-state index in [0.717, 1.165) is 16.9 Å². The summed E-state index contributed by atoms with van der Waals surface area (Å²) in [7, 11) is 0. The number of thiophene rings is 1. The third-order valence-corrected chi connectivity index (χ3v) is 5.28. The number of aryl methyl sites for hydroxylation is 1. The van der Waals surface area contributed by atoms with E-state index in [1.807, 2.05) is 13.0 Å². The Balaban J connectivity index is 1.96. The molecule has 5 heteroatoms. The predicted octanol–water partition coefficient (Wildman–Crippen LogP) is 3.15. The van der Waals surface area contributed by atoms with Gasteiger partial charge in [-0.1, -0.05) is 26.2 Å². The fourth-order valence-electron chi connectivity index (χ4n) is 2.90. The average Bonchev–Trinajstić information content (AvgIpc) is 2.85. The Kier molecular flexibility index (Phi) is 5.57. The normalized spacial score (nSPS) is 22.8. The molecule has 2 unspecified atom stereocenters. The van der Waals surface area contributed by atoms with Crippen LogP contribution in [0.5, 0.6) is 0 Å². The third kappa shape index (κ3) is 3.59. The Morgan fingerprint density at radius 2 is 2.25 bits per heavy atom. The largest absolute Gasteiger partial charge is 0.373 e. The van der Waals surface area contributed by atoms with Crippen molar-refractivity contribution in [3.8, 4) is 0 Å². The van der Waals surface area contributed by atoms with Crippen LogP contribution < -0.4 is 11.3 Å². The molecule has 4 nitrogen and oxygen atoms in total. The maximum atomic E-state index is 11.5. The summed E-state index contributed by atoms with van der Waals surface area (Å²) in [4.78, 5) is 13.3. The Labute approximate surface area is 124 Å². The summed E-state index contributed by atoms with van der Waals surface area (Å²) in [5.41, 5.74) is 3.28. The van der Waals surface area contributed by atoms with Gasteiger partial charge in [-0.2, -0.15) is 0 Å². The van der Waals surface area contributed by atoms with Crippen molar-refractivity contribution in [1.29, 1.82) is 0 Å². The number of hydrogen-bond acceptors (Lipinski definition) is 4. The van der Waals surface area contributed by atoms with Gasteiger partial charge in [-0.15, -0.1) is 11.3 Å². The maximum Gasteiger partial charge on any atom is 0.275 e. The molecule has 0 spiro atoms. The molecule has 1 aliphatic rings. The molecule has 0 aliphatic heterocycles. The van der Waals surface area contributed by atoms with Crippen molar-refractivity contribution in [3.05, 3.63) is 21.4 Å². The molecular weight excluding hydrogens is 272 g/mol. The van der Waals surface area contributed by atoms with Crippen LogP contribution >= 0.6 is 11.3 Å². The minimum atomic E-state index is -0.228. The van der Waals surface area contributed by atoms with E-state index >= 15 is 0 Å². The molecule has 1 amide bonds. The SMILES string of the molecule is CCC1CCCCC1OCc1cc(C(=O)NN)sc1C. The monoisotopic (exact) mass is 296 g/mol. The molecule has 0 saturated heterocycles. The second-order valence-electron chi connectivity index (χ2n) is 5.47. The lowest BCUT2D eigenvalue weighted by molar-refractivity contribution is -0.0222. The van der Waals surface area contributed by atoms with E-state index in [4.69, 9.17) is 10.6 Å². The van der Waals surface area contributed by atoms with Gasteiger partial charge >= 0.3 is 0 Å². The van der Waals surface area contributed by atoms with Crippen molar-refractivity contribution in [3.63, 3.8) is 0 Å². The van der Waals surface area contributed by atoms with Crippen LogP contribution in [0.4, 0.5) is 0 Å². The summed E-state index contributed by atoms with van der Waals surface area (Å²) in [5, 5.41) is 0. The Morgan fingerprint density at radius 3 is 2.95 bits per heavy atom. The molecule has 0 bridgehead atoms. The first-order chi connectivity index (χ1) is 9.65. The van der Waals surface area contributed by atoms with E-state index in [9.17, 15) is 4.79 Å². The number of amides is 1. The van der Waals surface area contributed by atoms with Crippen LogP contribution in [0.1, 0.15) is 59.1 Å². The quantitative estimate of drug-likeness (QED) is 0.498. The number of nitrogen functional groups attached to an aromatic ring is 1. The van der Waals surface area contributed by atoms with Crippen LogP contribution in [0.15, 0.2) is 6.07 Å². The van der Waals surface area contributed by atoms with Gasteiger partial charge in [-0.05, 0) is 37.3 Å². The highest BCUT2D eigenvalue weighted by molar-refractivity contribution is 7.14. The van der Waals surface area contributed by atoms with Crippen LogP contribution in [0, 0.1) is 12.8 Å². The highest BCUT2D eigenvalue weighted by Crippen LogP contribution is 2.31. The van der Waals surface area contributed by atoms with Gasteiger partial charge in [0.15, 0.2) is 0 Å². The van der Waals surface area contributed by atoms with Gasteiger partial charge in [0, 0.05) is 4.88 Å². The summed E-state index contributed by atoms with van der Waals surface area (Å²) >= 11 is 1.47. The Bertz CT molecular complexity index is 459. The number of carbonyl (C=O) groups is 1. The van der Waals surface area contributed by atoms with Crippen LogP contribution in [-0.4, -0.2) is 12.0 Å². The van der Waals surface area contributed by atoms with E-state index in [1.54, 1.807) is 0 Å². The highest BCUT2D eigenvalue weighted by Gasteiger charge is 2.24. The minimum Gasteiger partial charge on any atom is -0.373 e. The summed E-state index contributed by atoms with van der Waals surface area (Å²) in [6.45, 7) is 4.86. The second-order valence-corrected chi connectivity index (χ2v) is 6.72. The van der Waals surface area contributed by atoms with Crippen LogP contribution in [0.2, 0.25) is 0 Å².